The number of benzene rings is 1. The van der Waals surface area contributed by atoms with Crippen LogP contribution >= 0.6 is 0 Å². The van der Waals surface area contributed by atoms with Crippen molar-refractivity contribution in [3.05, 3.63) is 41.7 Å². The van der Waals surface area contributed by atoms with Crippen molar-refractivity contribution in [3.63, 3.8) is 0 Å². The second kappa shape index (κ2) is 4.83. The van der Waals surface area contributed by atoms with Crippen molar-refractivity contribution in [1.82, 2.24) is 4.98 Å². The molecule has 0 saturated carbocycles. The number of rotatable bonds is 2. The normalized spacial score (nSPS) is 10.1. The predicted molar refractivity (Wildman–Crippen MR) is 64.4 cm³/mol. The molecule has 0 atom stereocenters. The number of esters is 2. The van der Waals surface area contributed by atoms with Crippen LogP contribution in [0.2, 0.25) is 0 Å². The second-order valence-corrected chi connectivity index (χ2v) is 3.61. The zero-order valence-corrected chi connectivity index (χ0v) is 9.97. The van der Waals surface area contributed by atoms with Gasteiger partial charge in [0.15, 0.2) is 0 Å². The van der Waals surface area contributed by atoms with E-state index in [0.29, 0.717) is 5.56 Å². The number of methoxy groups -OCH3 is 2. The molecule has 18 heavy (non-hydrogen) atoms. The molecule has 1 heterocycles. The van der Waals surface area contributed by atoms with Gasteiger partial charge in [0.2, 0.25) is 0 Å². The molecule has 1 aromatic carbocycles. The lowest BCUT2D eigenvalue weighted by Crippen LogP contribution is -2.04. The van der Waals surface area contributed by atoms with Gasteiger partial charge in [-0.3, -0.25) is 0 Å². The monoisotopic (exact) mass is 245 g/mol. The molecule has 0 fully saturated rings. The molecule has 0 bridgehead atoms. The number of ether oxygens (including phenoxy) is 2. The van der Waals surface area contributed by atoms with E-state index in [-0.39, 0.29) is 5.69 Å². The summed E-state index contributed by atoms with van der Waals surface area (Å²) in [5.41, 5.74) is 0.624. The van der Waals surface area contributed by atoms with Crippen LogP contribution in [0.1, 0.15) is 20.8 Å². The topological polar surface area (TPSA) is 65.5 Å². The smallest absolute Gasteiger partial charge is 0.356 e. The molecule has 0 aliphatic carbocycles. The standard InChI is InChI=1S/C13H11NO4/c1-17-12(15)8-3-4-9-7-14-11(13(16)18-2)6-10(9)5-8/h3-7H,1-2H3. The van der Waals surface area contributed by atoms with Gasteiger partial charge < -0.3 is 9.47 Å². The van der Waals surface area contributed by atoms with Gasteiger partial charge in [0.1, 0.15) is 5.69 Å². The van der Waals surface area contributed by atoms with Gasteiger partial charge in [0.05, 0.1) is 19.8 Å². The van der Waals surface area contributed by atoms with Crippen molar-refractivity contribution >= 4 is 22.7 Å². The molecule has 0 N–H and O–H groups in total. The average molecular weight is 245 g/mol. The third-order valence-corrected chi connectivity index (χ3v) is 2.54. The summed E-state index contributed by atoms with van der Waals surface area (Å²) in [5, 5.41) is 1.56. The lowest BCUT2D eigenvalue weighted by molar-refractivity contribution is 0.0589. The maximum Gasteiger partial charge on any atom is 0.356 e. The Hall–Kier alpha value is -2.43. The molecule has 1 aromatic heterocycles. The Morgan fingerprint density at radius 3 is 2.39 bits per heavy atom. The fraction of sp³-hybridized carbons (Fsp3) is 0.154. The van der Waals surface area contributed by atoms with E-state index in [0.717, 1.165) is 10.8 Å². The highest BCUT2D eigenvalue weighted by molar-refractivity contribution is 5.97. The first-order chi connectivity index (χ1) is 8.65. The number of aromatic nitrogens is 1. The van der Waals surface area contributed by atoms with E-state index in [9.17, 15) is 9.59 Å². The minimum absolute atomic E-state index is 0.201. The molecule has 92 valence electrons. The van der Waals surface area contributed by atoms with Crippen LogP contribution in [0.5, 0.6) is 0 Å². The highest BCUT2D eigenvalue weighted by Crippen LogP contribution is 2.17. The minimum Gasteiger partial charge on any atom is -0.465 e. The van der Waals surface area contributed by atoms with Crippen LogP contribution in [0.15, 0.2) is 30.5 Å². The van der Waals surface area contributed by atoms with Gasteiger partial charge in [0, 0.05) is 11.6 Å². The van der Waals surface area contributed by atoms with Crippen LogP contribution in [0, 0.1) is 0 Å². The zero-order valence-electron chi connectivity index (χ0n) is 9.97. The fourth-order valence-corrected chi connectivity index (χ4v) is 1.60. The van der Waals surface area contributed by atoms with Gasteiger partial charge in [-0.15, -0.1) is 0 Å². The molecule has 0 radical (unpaired) electrons. The van der Waals surface area contributed by atoms with Gasteiger partial charge in [-0.2, -0.15) is 0 Å². The van der Waals surface area contributed by atoms with Gasteiger partial charge in [-0.25, -0.2) is 14.6 Å². The highest BCUT2D eigenvalue weighted by Gasteiger charge is 2.10. The highest BCUT2D eigenvalue weighted by atomic mass is 16.5. The first kappa shape index (κ1) is 12.0. The van der Waals surface area contributed by atoms with E-state index in [1.807, 2.05) is 0 Å². The third kappa shape index (κ3) is 2.15. The fourth-order valence-electron chi connectivity index (χ4n) is 1.60. The maximum atomic E-state index is 11.4. The van der Waals surface area contributed by atoms with E-state index in [1.54, 1.807) is 30.5 Å². The molecule has 5 nitrogen and oxygen atoms in total. The SMILES string of the molecule is COC(=O)c1ccc2cnc(C(=O)OC)cc2c1. The Kier molecular flexibility index (Phi) is 3.23. The molecular formula is C13H11NO4. The first-order valence-electron chi connectivity index (χ1n) is 5.22. The third-order valence-electron chi connectivity index (χ3n) is 2.54. The summed E-state index contributed by atoms with van der Waals surface area (Å²) in [6.07, 6.45) is 1.56. The van der Waals surface area contributed by atoms with Crippen LogP contribution in [0.25, 0.3) is 10.8 Å². The molecule has 0 saturated heterocycles. The number of hydrogen-bond donors (Lipinski definition) is 0. The quantitative estimate of drug-likeness (QED) is 0.755. The molecule has 5 heteroatoms. The Bertz CT molecular complexity index is 571. The lowest BCUT2D eigenvalue weighted by atomic mass is 10.1. The van der Waals surface area contributed by atoms with Crippen LogP contribution in [0.3, 0.4) is 0 Å². The molecule has 0 spiro atoms. The summed E-state index contributed by atoms with van der Waals surface area (Å²) in [7, 11) is 2.61. The largest absolute Gasteiger partial charge is 0.465 e. The van der Waals surface area contributed by atoms with E-state index in [1.165, 1.54) is 14.2 Å². The van der Waals surface area contributed by atoms with Crippen molar-refractivity contribution in [2.45, 2.75) is 0 Å². The van der Waals surface area contributed by atoms with E-state index in [2.05, 4.69) is 14.5 Å². The number of hydrogen-bond acceptors (Lipinski definition) is 5. The predicted octanol–water partition coefficient (Wildman–Crippen LogP) is 1.81. The second-order valence-electron chi connectivity index (χ2n) is 3.61. The van der Waals surface area contributed by atoms with E-state index >= 15 is 0 Å². The Morgan fingerprint density at radius 1 is 1.00 bits per heavy atom. The number of pyridine rings is 1. The summed E-state index contributed by atoms with van der Waals surface area (Å²) >= 11 is 0. The summed E-state index contributed by atoms with van der Waals surface area (Å²) < 4.78 is 9.23. The number of carbonyl (C=O) groups excluding carboxylic acids is 2. The Balaban J connectivity index is 2.53. The number of fused-ring (bicyclic) bond motifs is 1. The van der Waals surface area contributed by atoms with Crippen LogP contribution in [-0.2, 0) is 9.47 Å². The Morgan fingerprint density at radius 2 is 1.72 bits per heavy atom. The minimum atomic E-state index is -0.514. The molecule has 0 amide bonds. The summed E-state index contributed by atoms with van der Waals surface area (Å²) in [5.74, 6) is -0.936. The first-order valence-corrected chi connectivity index (χ1v) is 5.22. The van der Waals surface area contributed by atoms with Crippen molar-refractivity contribution in [1.29, 1.82) is 0 Å². The van der Waals surface area contributed by atoms with Gasteiger partial charge >= 0.3 is 11.9 Å². The van der Waals surface area contributed by atoms with Crippen LogP contribution < -0.4 is 0 Å². The molecule has 2 aromatic rings. The summed E-state index contributed by atoms with van der Waals surface area (Å²) in [6.45, 7) is 0. The maximum absolute atomic E-state index is 11.4. The lowest BCUT2D eigenvalue weighted by Gasteiger charge is -2.03. The molecule has 0 aliphatic rings. The van der Waals surface area contributed by atoms with Gasteiger partial charge in [0.25, 0.3) is 0 Å². The van der Waals surface area contributed by atoms with Crippen LogP contribution in [0.4, 0.5) is 0 Å². The zero-order chi connectivity index (χ0) is 13.1. The molecular weight excluding hydrogens is 234 g/mol. The summed E-state index contributed by atoms with van der Waals surface area (Å²) in [6, 6.07) is 6.62. The number of carbonyl (C=O) groups is 2. The van der Waals surface area contributed by atoms with Crippen molar-refractivity contribution in [2.75, 3.05) is 14.2 Å². The molecule has 0 unspecified atom stereocenters. The number of nitrogens with zero attached hydrogens (tertiary/aromatic N) is 1. The average Bonchev–Trinajstić information content (AvgIpc) is 2.44. The Labute approximate surface area is 103 Å². The van der Waals surface area contributed by atoms with Crippen molar-refractivity contribution in [2.24, 2.45) is 0 Å². The van der Waals surface area contributed by atoms with E-state index in [4.69, 9.17) is 0 Å². The van der Waals surface area contributed by atoms with E-state index < -0.39 is 11.9 Å². The van der Waals surface area contributed by atoms with Crippen LogP contribution in [-0.4, -0.2) is 31.1 Å². The molecule has 0 aliphatic heterocycles. The van der Waals surface area contributed by atoms with Gasteiger partial charge in [-0.05, 0) is 23.6 Å². The molecule has 2 rings (SSSR count). The van der Waals surface area contributed by atoms with Crippen molar-refractivity contribution < 1.29 is 19.1 Å². The van der Waals surface area contributed by atoms with Crippen molar-refractivity contribution in [3.8, 4) is 0 Å². The van der Waals surface area contributed by atoms with Gasteiger partial charge in [-0.1, -0.05) is 6.07 Å². The summed E-state index contributed by atoms with van der Waals surface area (Å²) in [4.78, 5) is 26.7.